The van der Waals surface area contributed by atoms with Crippen molar-refractivity contribution in [2.75, 3.05) is 32.9 Å². The van der Waals surface area contributed by atoms with E-state index in [1.807, 2.05) is 17.0 Å². The zero-order valence-corrected chi connectivity index (χ0v) is 14.6. The molecule has 1 aliphatic carbocycles. The number of ether oxygens (including phenoxy) is 3. The molecule has 136 valence electrons. The summed E-state index contributed by atoms with van der Waals surface area (Å²) < 4.78 is 17.6. The summed E-state index contributed by atoms with van der Waals surface area (Å²) in [4.78, 5) is 18.2. The molecule has 3 fully saturated rings. The molecule has 4 rings (SSSR count). The Labute approximate surface area is 148 Å². The molecule has 0 aromatic carbocycles. The van der Waals surface area contributed by atoms with Gasteiger partial charge in [0.05, 0.1) is 32.0 Å². The van der Waals surface area contributed by atoms with E-state index in [0.717, 1.165) is 31.6 Å². The molecule has 0 bridgehead atoms. The second-order valence-electron chi connectivity index (χ2n) is 7.37. The molecule has 25 heavy (non-hydrogen) atoms. The lowest BCUT2D eigenvalue weighted by atomic mass is 9.81. The summed E-state index contributed by atoms with van der Waals surface area (Å²) in [6.07, 6.45) is 9.33. The fourth-order valence-corrected chi connectivity index (χ4v) is 4.11. The van der Waals surface area contributed by atoms with E-state index in [2.05, 4.69) is 4.98 Å². The molecule has 0 N–H and O–H groups in total. The van der Waals surface area contributed by atoms with E-state index >= 15 is 0 Å². The van der Waals surface area contributed by atoms with Crippen LogP contribution in [0.25, 0.3) is 0 Å². The number of aromatic nitrogens is 1. The second kappa shape index (κ2) is 7.30. The lowest BCUT2D eigenvalue weighted by molar-refractivity contribution is -0.171. The van der Waals surface area contributed by atoms with E-state index in [9.17, 15) is 4.79 Å². The van der Waals surface area contributed by atoms with Crippen LogP contribution in [-0.4, -0.2) is 60.4 Å². The minimum Gasteiger partial charge on any atom is -0.492 e. The zero-order valence-electron chi connectivity index (χ0n) is 14.6. The molecule has 0 radical (unpaired) electrons. The monoisotopic (exact) mass is 346 g/mol. The van der Waals surface area contributed by atoms with Gasteiger partial charge >= 0.3 is 0 Å². The van der Waals surface area contributed by atoms with Crippen LogP contribution in [0.1, 0.15) is 32.1 Å². The van der Waals surface area contributed by atoms with Crippen LogP contribution < -0.4 is 4.74 Å². The molecule has 1 aromatic rings. The van der Waals surface area contributed by atoms with Crippen molar-refractivity contribution in [1.82, 2.24) is 9.88 Å². The van der Waals surface area contributed by atoms with Crippen molar-refractivity contribution in [2.45, 2.75) is 43.8 Å². The van der Waals surface area contributed by atoms with Gasteiger partial charge < -0.3 is 19.1 Å². The van der Waals surface area contributed by atoms with Crippen molar-refractivity contribution in [2.24, 2.45) is 5.92 Å². The fraction of sp³-hybridized carbons (Fsp3) is 0.684. The topological polar surface area (TPSA) is 60.9 Å². The number of pyridine rings is 1. The van der Waals surface area contributed by atoms with Crippen molar-refractivity contribution in [3.63, 3.8) is 0 Å². The summed E-state index contributed by atoms with van der Waals surface area (Å²) >= 11 is 0. The summed E-state index contributed by atoms with van der Waals surface area (Å²) in [7, 11) is 0. The van der Waals surface area contributed by atoms with Crippen LogP contribution in [0, 0.1) is 5.92 Å². The average Bonchev–Trinajstić information content (AvgIpc) is 3.27. The first kappa shape index (κ1) is 16.8. The van der Waals surface area contributed by atoms with Gasteiger partial charge in [0.1, 0.15) is 18.0 Å². The highest BCUT2D eigenvalue weighted by atomic mass is 16.5. The summed E-state index contributed by atoms with van der Waals surface area (Å²) in [6, 6.07) is 3.77. The predicted octanol–water partition coefficient (Wildman–Crippen LogP) is 2.04. The van der Waals surface area contributed by atoms with Gasteiger partial charge in [0.2, 0.25) is 5.91 Å². The van der Waals surface area contributed by atoms with Crippen LogP contribution in [0.15, 0.2) is 24.5 Å². The van der Waals surface area contributed by atoms with E-state index < -0.39 is 0 Å². The summed E-state index contributed by atoms with van der Waals surface area (Å²) in [6.45, 7) is 2.85. The van der Waals surface area contributed by atoms with Gasteiger partial charge in [-0.05, 0) is 31.4 Å². The van der Waals surface area contributed by atoms with Crippen LogP contribution >= 0.6 is 0 Å². The molecule has 3 heterocycles. The third-order valence-electron chi connectivity index (χ3n) is 5.70. The molecule has 1 spiro atoms. The standard InChI is InChI=1S/C19H26N2O4/c22-18(12-24-16-4-1-2-5-16)21-13-19(14-21)15(7-9-25-19)11-23-17-6-3-8-20-10-17/h3,6,8,10,15-16H,1-2,4-5,7,9,11-14H2/t15-/m0/s1. The van der Waals surface area contributed by atoms with E-state index in [0.29, 0.717) is 25.6 Å². The van der Waals surface area contributed by atoms with Crippen molar-refractivity contribution in [1.29, 1.82) is 0 Å². The number of nitrogens with zero attached hydrogens (tertiary/aromatic N) is 2. The molecule has 1 amide bonds. The Kier molecular flexibility index (Phi) is 4.90. The maximum atomic E-state index is 12.3. The van der Waals surface area contributed by atoms with E-state index in [-0.39, 0.29) is 24.2 Å². The van der Waals surface area contributed by atoms with Gasteiger partial charge in [0.25, 0.3) is 0 Å². The molecule has 0 unspecified atom stereocenters. The van der Waals surface area contributed by atoms with Gasteiger partial charge in [-0.1, -0.05) is 12.8 Å². The second-order valence-corrected chi connectivity index (χ2v) is 7.37. The van der Waals surface area contributed by atoms with E-state index in [1.54, 1.807) is 12.4 Å². The molecular formula is C19H26N2O4. The molecule has 3 aliphatic rings. The van der Waals surface area contributed by atoms with E-state index in [4.69, 9.17) is 14.2 Å². The van der Waals surface area contributed by atoms with Crippen LogP contribution in [0.2, 0.25) is 0 Å². The lowest BCUT2D eigenvalue weighted by Crippen LogP contribution is -2.67. The maximum Gasteiger partial charge on any atom is 0.248 e. The van der Waals surface area contributed by atoms with Crippen molar-refractivity contribution < 1.29 is 19.0 Å². The van der Waals surface area contributed by atoms with Crippen LogP contribution in [0.5, 0.6) is 5.75 Å². The molecule has 1 aromatic heterocycles. The smallest absolute Gasteiger partial charge is 0.248 e. The first-order valence-electron chi connectivity index (χ1n) is 9.31. The number of carbonyl (C=O) groups excluding carboxylic acids is 1. The number of carbonyl (C=O) groups is 1. The number of amides is 1. The Bertz CT molecular complexity index is 582. The van der Waals surface area contributed by atoms with Crippen molar-refractivity contribution in [3.05, 3.63) is 24.5 Å². The molecule has 6 nitrogen and oxygen atoms in total. The minimum absolute atomic E-state index is 0.0833. The highest BCUT2D eigenvalue weighted by Crippen LogP contribution is 2.40. The predicted molar refractivity (Wildman–Crippen MR) is 91.3 cm³/mol. The SMILES string of the molecule is O=C(COC1CCCC1)N1CC2(C1)OCC[C@H]2COc1cccnc1. The summed E-state index contributed by atoms with van der Waals surface area (Å²) in [5, 5.41) is 0. The summed E-state index contributed by atoms with van der Waals surface area (Å²) in [5.74, 6) is 1.18. The Morgan fingerprint density at radius 3 is 2.92 bits per heavy atom. The molecule has 6 heteroatoms. The molecular weight excluding hydrogens is 320 g/mol. The van der Waals surface area contributed by atoms with Crippen LogP contribution in [0.4, 0.5) is 0 Å². The molecule has 2 aliphatic heterocycles. The normalized spacial score (nSPS) is 25.3. The van der Waals surface area contributed by atoms with Gasteiger partial charge in [0, 0.05) is 18.7 Å². The third kappa shape index (κ3) is 3.65. The highest BCUT2D eigenvalue weighted by Gasteiger charge is 2.54. The Morgan fingerprint density at radius 1 is 1.32 bits per heavy atom. The molecule has 1 atom stereocenters. The zero-order chi connectivity index (χ0) is 17.1. The van der Waals surface area contributed by atoms with Gasteiger partial charge in [-0.2, -0.15) is 0 Å². The van der Waals surface area contributed by atoms with Crippen molar-refractivity contribution >= 4 is 5.91 Å². The largest absolute Gasteiger partial charge is 0.492 e. The number of rotatable bonds is 6. The van der Waals surface area contributed by atoms with Crippen molar-refractivity contribution in [3.8, 4) is 5.75 Å². The van der Waals surface area contributed by atoms with Gasteiger partial charge in [-0.3, -0.25) is 9.78 Å². The Morgan fingerprint density at radius 2 is 2.16 bits per heavy atom. The maximum absolute atomic E-state index is 12.3. The highest BCUT2D eigenvalue weighted by molar-refractivity contribution is 5.78. The first-order chi connectivity index (χ1) is 12.3. The van der Waals surface area contributed by atoms with Gasteiger partial charge in [-0.15, -0.1) is 0 Å². The average molecular weight is 346 g/mol. The Hall–Kier alpha value is -1.66. The third-order valence-corrected chi connectivity index (χ3v) is 5.70. The first-order valence-corrected chi connectivity index (χ1v) is 9.31. The number of hydrogen-bond donors (Lipinski definition) is 0. The van der Waals surface area contributed by atoms with E-state index in [1.165, 1.54) is 12.8 Å². The minimum atomic E-state index is -0.231. The molecule has 1 saturated carbocycles. The van der Waals surface area contributed by atoms with Crippen LogP contribution in [-0.2, 0) is 14.3 Å². The fourth-order valence-electron chi connectivity index (χ4n) is 4.11. The van der Waals surface area contributed by atoms with Crippen LogP contribution in [0.3, 0.4) is 0 Å². The Balaban J connectivity index is 1.24. The van der Waals surface area contributed by atoms with Gasteiger partial charge in [0.15, 0.2) is 0 Å². The lowest BCUT2D eigenvalue weighted by Gasteiger charge is -2.50. The quantitative estimate of drug-likeness (QED) is 0.789. The number of hydrogen-bond acceptors (Lipinski definition) is 5. The summed E-state index contributed by atoms with van der Waals surface area (Å²) in [5.41, 5.74) is -0.231. The molecule has 2 saturated heterocycles. The van der Waals surface area contributed by atoms with Gasteiger partial charge in [-0.25, -0.2) is 0 Å². The number of likely N-dealkylation sites (tertiary alicyclic amines) is 1.